The van der Waals surface area contributed by atoms with E-state index in [0.717, 1.165) is 0 Å². The fraction of sp³-hybridized carbons (Fsp3) is 0.385. The summed E-state index contributed by atoms with van der Waals surface area (Å²) in [4.78, 5) is 22.1. The van der Waals surface area contributed by atoms with Gasteiger partial charge in [-0.25, -0.2) is 0 Å². The van der Waals surface area contributed by atoms with Gasteiger partial charge in [-0.05, 0) is 24.1 Å². The maximum atomic E-state index is 11.5. The summed E-state index contributed by atoms with van der Waals surface area (Å²) in [5.74, 6) is 0.648. The Hall–Kier alpha value is -1.84. The van der Waals surface area contributed by atoms with Crippen molar-refractivity contribution in [2.45, 2.75) is 20.3 Å². The molecule has 0 amide bonds. The number of hydrogen-bond donors (Lipinski definition) is 0. The molecule has 0 heterocycles. The van der Waals surface area contributed by atoms with E-state index in [4.69, 9.17) is 9.47 Å². The van der Waals surface area contributed by atoms with Gasteiger partial charge in [0, 0.05) is 12.0 Å². The van der Waals surface area contributed by atoms with Crippen LogP contribution in [0.3, 0.4) is 0 Å². The Balaban J connectivity index is 2.83. The Morgan fingerprint density at radius 3 is 2.59 bits per heavy atom. The van der Waals surface area contributed by atoms with Gasteiger partial charge in [0.1, 0.15) is 6.29 Å². The quantitative estimate of drug-likeness (QED) is 0.447. The fourth-order valence-electron chi connectivity index (χ4n) is 1.34. The Morgan fingerprint density at radius 1 is 1.35 bits per heavy atom. The maximum Gasteiger partial charge on any atom is 0.311 e. The summed E-state index contributed by atoms with van der Waals surface area (Å²) in [6, 6.07) is 4.67. The van der Waals surface area contributed by atoms with E-state index in [1.54, 1.807) is 12.1 Å². The Kier molecular flexibility index (Phi) is 4.69. The van der Waals surface area contributed by atoms with Gasteiger partial charge in [0.15, 0.2) is 11.5 Å². The molecule has 0 saturated heterocycles. The van der Waals surface area contributed by atoms with Crippen LogP contribution in [-0.4, -0.2) is 19.4 Å². The van der Waals surface area contributed by atoms with E-state index in [2.05, 4.69) is 0 Å². The third-order valence-electron chi connectivity index (χ3n) is 2.12. The minimum absolute atomic E-state index is 0.239. The first-order valence-electron chi connectivity index (χ1n) is 5.40. The van der Waals surface area contributed by atoms with Crippen molar-refractivity contribution in [1.29, 1.82) is 0 Å². The topological polar surface area (TPSA) is 52.6 Å². The molecule has 0 aromatic heterocycles. The molecule has 0 aliphatic rings. The summed E-state index contributed by atoms with van der Waals surface area (Å²) in [5, 5.41) is 0. The number of rotatable bonds is 5. The Bertz CT molecular complexity index is 410. The molecule has 0 bridgehead atoms. The van der Waals surface area contributed by atoms with Crippen molar-refractivity contribution < 1.29 is 19.1 Å². The van der Waals surface area contributed by atoms with Gasteiger partial charge in [-0.2, -0.15) is 0 Å². The third kappa shape index (κ3) is 3.90. The minimum Gasteiger partial charge on any atom is -0.493 e. The first-order chi connectivity index (χ1) is 8.06. The van der Waals surface area contributed by atoms with Gasteiger partial charge >= 0.3 is 5.97 Å². The van der Waals surface area contributed by atoms with E-state index in [9.17, 15) is 9.59 Å². The summed E-state index contributed by atoms with van der Waals surface area (Å²) >= 11 is 0. The van der Waals surface area contributed by atoms with E-state index in [0.29, 0.717) is 29.8 Å². The van der Waals surface area contributed by atoms with Crippen molar-refractivity contribution in [2.75, 3.05) is 7.11 Å². The molecule has 0 aliphatic carbocycles. The number of ether oxygens (including phenoxy) is 2. The first-order valence-corrected chi connectivity index (χ1v) is 5.40. The van der Waals surface area contributed by atoms with Crippen LogP contribution in [0.1, 0.15) is 30.6 Å². The van der Waals surface area contributed by atoms with Gasteiger partial charge in [0.25, 0.3) is 0 Å². The van der Waals surface area contributed by atoms with Crippen LogP contribution in [0.15, 0.2) is 18.2 Å². The second-order valence-corrected chi connectivity index (χ2v) is 4.10. The molecule has 4 heteroatoms. The summed E-state index contributed by atoms with van der Waals surface area (Å²) in [6.45, 7) is 3.88. The van der Waals surface area contributed by atoms with Crippen LogP contribution in [0.4, 0.5) is 0 Å². The first kappa shape index (κ1) is 13.2. The Labute approximate surface area is 101 Å². The Morgan fingerprint density at radius 2 is 2.06 bits per heavy atom. The summed E-state index contributed by atoms with van der Waals surface area (Å²) in [6.07, 6.45) is 1.06. The molecular formula is C13H16O4. The molecule has 1 aromatic carbocycles. The van der Waals surface area contributed by atoms with E-state index in [-0.39, 0.29) is 11.9 Å². The number of carbonyl (C=O) groups excluding carboxylic acids is 2. The zero-order chi connectivity index (χ0) is 12.8. The van der Waals surface area contributed by atoms with Crippen LogP contribution in [-0.2, 0) is 4.79 Å². The van der Waals surface area contributed by atoms with Gasteiger partial charge in [-0.3, -0.25) is 9.59 Å². The molecule has 17 heavy (non-hydrogen) atoms. The monoisotopic (exact) mass is 236 g/mol. The molecule has 1 aromatic rings. The summed E-state index contributed by atoms with van der Waals surface area (Å²) < 4.78 is 10.2. The smallest absolute Gasteiger partial charge is 0.311 e. The second kappa shape index (κ2) is 6.03. The number of hydrogen-bond acceptors (Lipinski definition) is 4. The molecule has 4 nitrogen and oxygen atoms in total. The number of aldehydes is 1. The average Bonchev–Trinajstić information content (AvgIpc) is 2.28. The van der Waals surface area contributed by atoms with Gasteiger partial charge in [0.2, 0.25) is 0 Å². The third-order valence-corrected chi connectivity index (χ3v) is 2.12. The fourth-order valence-corrected chi connectivity index (χ4v) is 1.34. The van der Waals surface area contributed by atoms with Crippen molar-refractivity contribution in [3.63, 3.8) is 0 Å². The normalized spacial score (nSPS) is 10.1. The van der Waals surface area contributed by atoms with Crippen LogP contribution >= 0.6 is 0 Å². The van der Waals surface area contributed by atoms with Crippen LogP contribution in [0.5, 0.6) is 11.5 Å². The molecule has 0 unspecified atom stereocenters. The van der Waals surface area contributed by atoms with Crippen LogP contribution in [0.2, 0.25) is 0 Å². The highest BCUT2D eigenvalue weighted by atomic mass is 16.6. The summed E-state index contributed by atoms with van der Waals surface area (Å²) in [7, 11) is 1.46. The lowest BCUT2D eigenvalue weighted by Gasteiger charge is -2.10. The molecule has 0 aliphatic heterocycles. The molecule has 1 rings (SSSR count). The molecule has 0 fully saturated rings. The number of carbonyl (C=O) groups is 2. The SMILES string of the molecule is COc1cc(C=O)ccc1OC(=O)CC(C)C. The zero-order valence-corrected chi connectivity index (χ0v) is 10.2. The maximum absolute atomic E-state index is 11.5. The molecule has 0 radical (unpaired) electrons. The molecule has 0 atom stereocenters. The number of benzene rings is 1. The molecule has 92 valence electrons. The van der Waals surface area contributed by atoms with Gasteiger partial charge in [-0.15, -0.1) is 0 Å². The van der Waals surface area contributed by atoms with Crippen LogP contribution < -0.4 is 9.47 Å². The van der Waals surface area contributed by atoms with Gasteiger partial charge in [-0.1, -0.05) is 13.8 Å². The van der Waals surface area contributed by atoms with Crippen LogP contribution in [0.25, 0.3) is 0 Å². The van der Waals surface area contributed by atoms with E-state index in [1.807, 2.05) is 13.8 Å². The predicted molar refractivity (Wildman–Crippen MR) is 63.5 cm³/mol. The highest BCUT2D eigenvalue weighted by Crippen LogP contribution is 2.28. The highest BCUT2D eigenvalue weighted by molar-refractivity contribution is 5.78. The van der Waals surface area contributed by atoms with Crippen LogP contribution in [0, 0.1) is 5.92 Å². The lowest BCUT2D eigenvalue weighted by molar-refractivity contribution is -0.135. The van der Waals surface area contributed by atoms with Crippen molar-refractivity contribution >= 4 is 12.3 Å². The summed E-state index contributed by atoms with van der Waals surface area (Å²) in [5.41, 5.74) is 0.477. The van der Waals surface area contributed by atoms with Gasteiger partial charge in [0.05, 0.1) is 7.11 Å². The van der Waals surface area contributed by atoms with Crippen molar-refractivity contribution in [3.05, 3.63) is 23.8 Å². The van der Waals surface area contributed by atoms with Crippen molar-refractivity contribution in [2.24, 2.45) is 5.92 Å². The molecule has 0 N–H and O–H groups in total. The van der Waals surface area contributed by atoms with Gasteiger partial charge < -0.3 is 9.47 Å². The van der Waals surface area contributed by atoms with E-state index < -0.39 is 0 Å². The minimum atomic E-state index is -0.308. The molecular weight excluding hydrogens is 220 g/mol. The second-order valence-electron chi connectivity index (χ2n) is 4.10. The average molecular weight is 236 g/mol. The van der Waals surface area contributed by atoms with Crippen molar-refractivity contribution in [1.82, 2.24) is 0 Å². The van der Waals surface area contributed by atoms with E-state index >= 15 is 0 Å². The predicted octanol–water partition coefficient (Wildman–Crippen LogP) is 2.46. The highest BCUT2D eigenvalue weighted by Gasteiger charge is 2.12. The number of methoxy groups -OCH3 is 1. The van der Waals surface area contributed by atoms with E-state index in [1.165, 1.54) is 13.2 Å². The zero-order valence-electron chi connectivity index (χ0n) is 10.2. The number of esters is 1. The lowest BCUT2D eigenvalue weighted by atomic mass is 10.1. The lowest BCUT2D eigenvalue weighted by Crippen LogP contribution is -2.11. The van der Waals surface area contributed by atoms with Crippen molar-refractivity contribution in [3.8, 4) is 11.5 Å². The standard InChI is InChI=1S/C13H16O4/c1-9(2)6-13(15)17-11-5-4-10(8-14)7-12(11)16-3/h4-5,7-9H,6H2,1-3H3. The largest absolute Gasteiger partial charge is 0.493 e. The molecule has 0 spiro atoms. The molecule has 0 saturated carbocycles.